The summed E-state index contributed by atoms with van der Waals surface area (Å²) in [5.74, 6) is 0.605. The molecule has 0 aromatic heterocycles. The molecule has 0 atom stereocenters. The van der Waals surface area contributed by atoms with Gasteiger partial charge in [0.05, 0.1) is 0 Å². The quantitative estimate of drug-likeness (QED) is 0.639. The van der Waals surface area contributed by atoms with Crippen LogP contribution in [-0.4, -0.2) is 49.1 Å². The number of carbonyl (C=O) groups excluding carboxylic acids is 1. The van der Waals surface area contributed by atoms with Crippen molar-refractivity contribution in [3.8, 4) is 5.75 Å². The molecule has 1 aliphatic heterocycles. The summed E-state index contributed by atoms with van der Waals surface area (Å²) in [6.45, 7) is 1.50. The van der Waals surface area contributed by atoms with Gasteiger partial charge in [-0.2, -0.15) is 0 Å². The Morgan fingerprint density at radius 2 is 1.62 bits per heavy atom. The SMILES string of the molecule is CN(C)C1CCN(C(=O)Oc2ccc3ccc4ccccc4c3c2)CC1. The van der Waals surface area contributed by atoms with Crippen molar-refractivity contribution in [1.29, 1.82) is 0 Å². The van der Waals surface area contributed by atoms with Crippen molar-refractivity contribution in [3.05, 3.63) is 54.6 Å². The molecule has 134 valence electrons. The van der Waals surface area contributed by atoms with Crippen LogP contribution in [0.4, 0.5) is 4.79 Å². The van der Waals surface area contributed by atoms with Gasteiger partial charge in [0.1, 0.15) is 5.75 Å². The number of ether oxygens (including phenoxy) is 1. The number of hydrogen-bond acceptors (Lipinski definition) is 3. The zero-order valence-electron chi connectivity index (χ0n) is 15.3. The summed E-state index contributed by atoms with van der Waals surface area (Å²) in [6.07, 6.45) is 1.73. The lowest BCUT2D eigenvalue weighted by Gasteiger charge is -2.34. The summed E-state index contributed by atoms with van der Waals surface area (Å²) in [5, 5.41) is 4.62. The molecular formula is C22H24N2O2. The third kappa shape index (κ3) is 3.25. The number of piperidine rings is 1. The molecule has 1 fully saturated rings. The molecule has 0 saturated carbocycles. The topological polar surface area (TPSA) is 32.8 Å². The molecule has 0 spiro atoms. The Kier molecular flexibility index (Phi) is 4.51. The highest BCUT2D eigenvalue weighted by Crippen LogP contribution is 2.29. The zero-order chi connectivity index (χ0) is 18.1. The van der Waals surface area contributed by atoms with E-state index in [-0.39, 0.29) is 6.09 Å². The van der Waals surface area contributed by atoms with E-state index in [0.29, 0.717) is 11.8 Å². The van der Waals surface area contributed by atoms with Crippen LogP contribution >= 0.6 is 0 Å². The highest BCUT2D eigenvalue weighted by Gasteiger charge is 2.25. The van der Waals surface area contributed by atoms with E-state index in [1.807, 2.05) is 35.2 Å². The van der Waals surface area contributed by atoms with E-state index in [4.69, 9.17) is 4.74 Å². The molecule has 0 aliphatic carbocycles. The zero-order valence-corrected chi connectivity index (χ0v) is 15.3. The maximum atomic E-state index is 12.5. The third-order valence-electron chi connectivity index (χ3n) is 5.38. The summed E-state index contributed by atoms with van der Waals surface area (Å²) in [5.41, 5.74) is 0. The molecule has 1 amide bonds. The summed E-state index contributed by atoms with van der Waals surface area (Å²) < 4.78 is 5.68. The van der Waals surface area contributed by atoms with E-state index >= 15 is 0 Å². The van der Waals surface area contributed by atoms with Crippen molar-refractivity contribution in [2.45, 2.75) is 18.9 Å². The van der Waals surface area contributed by atoms with Crippen LogP contribution in [0.25, 0.3) is 21.5 Å². The molecule has 0 radical (unpaired) electrons. The van der Waals surface area contributed by atoms with Crippen molar-refractivity contribution in [3.63, 3.8) is 0 Å². The van der Waals surface area contributed by atoms with E-state index in [1.54, 1.807) is 0 Å². The van der Waals surface area contributed by atoms with Gasteiger partial charge in [-0.05, 0) is 60.6 Å². The number of hydrogen-bond donors (Lipinski definition) is 0. The first-order valence-electron chi connectivity index (χ1n) is 9.16. The molecule has 4 nitrogen and oxygen atoms in total. The Morgan fingerprint density at radius 3 is 2.35 bits per heavy atom. The highest BCUT2D eigenvalue weighted by molar-refractivity contribution is 6.07. The van der Waals surface area contributed by atoms with E-state index in [9.17, 15) is 4.79 Å². The molecule has 1 heterocycles. The molecular weight excluding hydrogens is 324 g/mol. The van der Waals surface area contributed by atoms with Crippen molar-refractivity contribution in [2.75, 3.05) is 27.2 Å². The molecule has 3 aromatic rings. The Balaban J connectivity index is 1.54. The van der Waals surface area contributed by atoms with Gasteiger partial charge in [0.15, 0.2) is 0 Å². The van der Waals surface area contributed by atoms with E-state index < -0.39 is 0 Å². The van der Waals surface area contributed by atoms with Gasteiger partial charge in [0.25, 0.3) is 0 Å². The van der Waals surface area contributed by atoms with Crippen LogP contribution in [0.5, 0.6) is 5.75 Å². The average molecular weight is 348 g/mol. The number of rotatable bonds is 2. The Labute approximate surface area is 154 Å². The minimum Gasteiger partial charge on any atom is -0.410 e. The lowest BCUT2D eigenvalue weighted by Crippen LogP contribution is -2.45. The number of fused-ring (bicyclic) bond motifs is 3. The van der Waals surface area contributed by atoms with Gasteiger partial charge in [-0.3, -0.25) is 0 Å². The molecule has 3 aromatic carbocycles. The smallest absolute Gasteiger partial charge is 0.410 e. The Morgan fingerprint density at radius 1 is 0.962 bits per heavy atom. The fraction of sp³-hybridized carbons (Fsp3) is 0.318. The number of carbonyl (C=O) groups is 1. The van der Waals surface area contributed by atoms with Gasteiger partial charge in [-0.25, -0.2) is 4.79 Å². The predicted octanol–water partition coefficient (Wildman–Crippen LogP) is 4.52. The molecule has 4 rings (SSSR count). The fourth-order valence-electron chi connectivity index (χ4n) is 3.77. The normalized spacial score (nSPS) is 15.7. The lowest BCUT2D eigenvalue weighted by molar-refractivity contribution is 0.118. The summed E-state index contributed by atoms with van der Waals surface area (Å²) in [7, 11) is 4.19. The largest absolute Gasteiger partial charge is 0.415 e. The first-order chi connectivity index (χ1) is 12.6. The molecule has 4 heteroatoms. The molecule has 0 unspecified atom stereocenters. The minimum atomic E-state index is -0.248. The average Bonchev–Trinajstić information content (AvgIpc) is 2.68. The van der Waals surface area contributed by atoms with Crippen molar-refractivity contribution < 1.29 is 9.53 Å². The standard InChI is InChI=1S/C22H24N2O2/c1-23(2)18-11-13-24(14-12-18)22(25)26-19-10-9-17-8-7-16-5-3-4-6-20(16)21(17)15-19/h3-10,15,18H,11-14H2,1-2H3. The number of amides is 1. The Hall–Kier alpha value is -2.59. The lowest BCUT2D eigenvalue weighted by atomic mass is 10.0. The van der Waals surface area contributed by atoms with Gasteiger partial charge < -0.3 is 14.5 Å². The van der Waals surface area contributed by atoms with Crippen molar-refractivity contribution >= 4 is 27.6 Å². The van der Waals surface area contributed by atoms with Crippen molar-refractivity contribution in [1.82, 2.24) is 9.80 Å². The monoisotopic (exact) mass is 348 g/mol. The maximum absolute atomic E-state index is 12.5. The van der Waals surface area contributed by atoms with E-state index in [2.05, 4.69) is 43.3 Å². The van der Waals surface area contributed by atoms with Gasteiger partial charge >= 0.3 is 6.09 Å². The summed E-state index contributed by atoms with van der Waals surface area (Å²) in [4.78, 5) is 16.6. The van der Waals surface area contributed by atoms with Crippen LogP contribution in [0.15, 0.2) is 54.6 Å². The maximum Gasteiger partial charge on any atom is 0.415 e. The molecule has 26 heavy (non-hydrogen) atoms. The fourth-order valence-corrected chi connectivity index (χ4v) is 3.77. The second-order valence-electron chi connectivity index (χ2n) is 7.22. The summed E-state index contributed by atoms with van der Waals surface area (Å²) >= 11 is 0. The second-order valence-corrected chi connectivity index (χ2v) is 7.22. The van der Waals surface area contributed by atoms with E-state index in [0.717, 1.165) is 36.7 Å². The van der Waals surface area contributed by atoms with Crippen LogP contribution in [0.3, 0.4) is 0 Å². The number of nitrogens with zero attached hydrogens (tertiary/aromatic N) is 2. The molecule has 0 N–H and O–H groups in total. The van der Waals surface area contributed by atoms with Crippen molar-refractivity contribution in [2.24, 2.45) is 0 Å². The number of likely N-dealkylation sites (tertiary alicyclic amines) is 1. The third-order valence-corrected chi connectivity index (χ3v) is 5.38. The van der Waals surface area contributed by atoms with Crippen LogP contribution in [0.1, 0.15) is 12.8 Å². The van der Waals surface area contributed by atoms with Gasteiger partial charge in [0.2, 0.25) is 0 Å². The minimum absolute atomic E-state index is 0.248. The highest BCUT2D eigenvalue weighted by atomic mass is 16.6. The molecule has 1 aliphatic rings. The van der Waals surface area contributed by atoms with Gasteiger partial charge in [0, 0.05) is 19.1 Å². The summed E-state index contributed by atoms with van der Waals surface area (Å²) in [6, 6.07) is 18.9. The van der Waals surface area contributed by atoms with Gasteiger partial charge in [-0.15, -0.1) is 0 Å². The number of benzene rings is 3. The first-order valence-corrected chi connectivity index (χ1v) is 9.16. The molecule has 1 saturated heterocycles. The molecule has 0 bridgehead atoms. The second kappa shape index (κ2) is 6.96. The predicted molar refractivity (Wildman–Crippen MR) is 106 cm³/mol. The Bertz CT molecular complexity index is 943. The first kappa shape index (κ1) is 16.9. The van der Waals surface area contributed by atoms with Crippen LogP contribution in [0, 0.1) is 0 Å². The van der Waals surface area contributed by atoms with Gasteiger partial charge in [-0.1, -0.05) is 42.5 Å². The van der Waals surface area contributed by atoms with Crippen LogP contribution in [0.2, 0.25) is 0 Å². The van der Waals surface area contributed by atoms with E-state index in [1.165, 1.54) is 10.8 Å². The van der Waals surface area contributed by atoms with Crippen LogP contribution < -0.4 is 4.74 Å². The van der Waals surface area contributed by atoms with Crippen LogP contribution in [-0.2, 0) is 0 Å².